The molecule has 0 fully saturated rings. The van der Waals surface area contributed by atoms with E-state index >= 15 is 0 Å². The number of hydrogen-bond acceptors (Lipinski definition) is 6. The summed E-state index contributed by atoms with van der Waals surface area (Å²) >= 11 is 0. The van der Waals surface area contributed by atoms with E-state index in [-0.39, 0.29) is 0 Å². The van der Waals surface area contributed by atoms with Gasteiger partial charge in [0.2, 0.25) is 22.9 Å². The number of benzene rings is 12. The van der Waals surface area contributed by atoms with Crippen LogP contribution >= 0.6 is 0 Å². The zero-order valence-electron chi connectivity index (χ0n) is 80.4. The zero-order valence-corrected chi connectivity index (χ0v) is 80.4. The second kappa shape index (κ2) is 33.9. The van der Waals surface area contributed by atoms with Crippen LogP contribution in [0.25, 0.3) is 166 Å². The molecule has 24 rings (SSSR count). The molecule has 0 saturated heterocycles. The predicted octanol–water partition coefficient (Wildman–Crippen LogP) is 33.7. The Labute approximate surface area is 770 Å². The van der Waals surface area contributed by atoms with Crippen LogP contribution in [0.2, 0.25) is 0 Å². The second-order valence-corrected chi connectivity index (χ2v) is 36.4. The van der Waals surface area contributed by atoms with E-state index in [0.29, 0.717) is 0 Å². The van der Waals surface area contributed by atoms with E-state index in [1.54, 1.807) is 0 Å². The lowest BCUT2D eigenvalue weighted by Crippen LogP contribution is -2.02. The molecule has 0 atom stereocenters. The zero-order chi connectivity index (χ0) is 92.6. The molecule has 0 aliphatic heterocycles. The molecule has 0 bridgehead atoms. The molecular formula is C120H114N6O6. The molecule has 0 spiro atoms. The molecule has 12 nitrogen and oxygen atoms in total. The van der Waals surface area contributed by atoms with Gasteiger partial charge in [-0.1, -0.05) is 206 Å². The van der Waals surface area contributed by atoms with Gasteiger partial charge in [-0.2, -0.15) is 0 Å². The summed E-state index contributed by atoms with van der Waals surface area (Å²) in [5.41, 5.74) is 48.5. The summed E-state index contributed by atoms with van der Waals surface area (Å²) in [7, 11) is 0. The van der Waals surface area contributed by atoms with Crippen molar-refractivity contribution in [1.82, 2.24) is 27.4 Å². The van der Waals surface area contributed by atoms with Crippen LogP contribution in [0, 0.1) is 166 Å². The number of hydrogen-bond donors (Lipinski definition) is 0. The van der Waals surface area contributed by atoms with Gasteiger partial charge in [0.05, 0.1) is 77.7 Å². The minimum atomic E-state index is 0.952. The minimum Gasteiger partial charge on any atom is -0.459 e. The number of fused-ring (bicyclic) bond motifs is 18. The third kappa shape index (κ3) is 14.0. The van der Waals surface area contributed by atoms with Gasteiger partial charge in [0.25, 0.3) is 0 Å². The molecular weight excluding hydrogens is 1620 g/mol. The Kier molecular flexibility index (Phi) is 22.2. The molecule has 0 radical (unpaired) electrons. The van der Waals surface area contributed by atoms with E-state index in [9.17, 15) is 0 Å². The molecule has 12 heteroatoms. The molecule has 24 aromatic rings. The molecule has 0 unspecified atom stereocenters. The molecule has 132 heavy (non-hydrogen) atoms. The molecule has 0 saturated carbocycles. The lowest BCUT2D eigenvalue weighted by atomic mass is 10.1. The van der Waals surface area contributed by atoms with Crippen molar-refractivity contribution in [3.63, 3.8) is 0 Å². The summed E-state index contributed by atoms with van der Waals surface area (Å²) in [5.74, 6) is 2.99. The van der Waals surface area contributed by atoms with E-state index in [1.807, 2.05) is 57.2 Å². The van der Waals surface area contributed by atoms with Crippen LogP contribution in [-0.2, 0) is 0 Å². The summed E-state index contributed by atoms with van der Waals surface area (Å²) < 4.78 is 50.7. The predicted molar refractivity (Wildman–Crippen MR) is 552 cm³/mol. The van der Waals surface area contributed by atoms with Crippen molar-refractivity contribution in [2.45, 2.75) is 166 Å². The molecule has 12 aromatic heterocycles. The van der Waals surface area contributed by atoms with Gasteiger partial charge in [0.1, 0.15) is 39.5 Å². The van der Waals surface area contributed by atoms with E-state index < -0.39 is 0 Å². The van der Waals surface area contributed by atoms with Gasteiger partial charge in [0.15, 0.2) is 11.2 Å². The van der Waals surface area contributed by atoms with E-state index in [2.05, 4.69) is 391 Å². The highest BCUT2D eigenvalue weighted by Crippen LogP contribution is 2.46. The van der Waals surface area contributed by atoms with Crippen LogP contribution in [-0.4, -0.2) is 27.4 Å². The van der Waals surface area contributed by atoms with Crippen molar-refractivity contribution in [3.8, 4) is 34.1 Å². The summed E-state index contributed by atoms with van der Waals surface area (Å²) in [4.78, 5) is 0. The third-order valence-electron chi connectivity index (χ3n) is 28.0. The lowest BCUT2D eigenvalue weighted by Gasteiger charge is -2.14. The average Bonchev–Trinajstić information content (AvgIpc) is 1.59. The monoisotopic (exact) mass is 1730 g/mol. The quantitative estimate of drug-likeness (QED) is 0.164. The average molecular weight is 1740 g/mol. The normalized spacial score (nSPS) is 11.6. The van der Waals surface area contributed by atoms with Crippen molar-refractivity contribution in [2.24, 2.45) is 0 Å². The van der Waals surface area contributed by atoms with Gasteiger partial charge in [0, 0.05) is 71.7 Å². The van der Waals surface area contributed by atoms with Gasteiger partial charge in [-0.15, -0.1) is 0 Å². The number of aryl methyl sites for hydroxylation is 21. The Bertz CT molecular complexity index is 8230. The van der Waals surface area contributed by atoms with Gasteiger partial charge in [-0.05, 0) is 293 Å². The first-order valence-corrected chi connectivity index (χ1v) is 45.9. The fraction of sp³-hybridized carbons (Fsp3) is 0.200. The molecule has 660 valence electrons. The number of aromatic nitrogens is 6. The van der Waals surface area contributed by atoms with Gasteiger partial charge >= 0.3 is 0 Å². The highest BCUT2D eigenvalue weighted by atomic mass is 16.4. The van der Waals surface area contributed by atoms with Crippen LogP contribution in [0.3, 0.4) is 0 Å². The van der Waals surface area contributed by atoms with Crippen LogP contribution in [0.4, 0.5) is 0 Å². The van der Waals surface area contributed by atoms with E-state index in [4.69, 9.17) is 26.5 Å². The van der Waals surface area contributed by atoms with Crippen molar-refractivity contribution in [2.75, 3.05) is 0 Å². The molecule has 0 N–H and O–H groups in total. The van der Waals surface area contributed by atoms with Crippen molar-refractivity contribution in [1.29, 1.82) is 0 Å². The van der Waals surface area contributed by atoms with Crippen molar-refractivity contribution >= 4 is 132 Å². The van der Waals surface area contributed by atoms with E-state index in [1.165, 1.54) is 233 Å². The molecule has 0 amide bonds. The summed E-state index contributed by atoms with van der Waals surface area (Å²) in [6.07, 6.45) is 0. The number of rotatable bonds is 6. The Morgan fingerprint density at radius 1 is 0.167 bits per heavy atom. The molecule has 0 aliphatic carbocycles. The van der Waals surface area contributed by atoms with Crippen molar-refractivity contribution in [3.05, 3.63) is 389 Å². The van der Waals surface area contributed by atoms with E-state index in [0.717, 1.165) is 68.0 Å². The molecule has 12 aromatic carbocycles. The lowest BCUT2D eigenvalue weighted by molar-refractivity contribution is 0.557. The maximum Gasteiger partial charge on any atom is 0.213 e. The Morgan fingerprint density at radius 3 is 0.788 bits per heavy atom. The first-order chi connectivity index (χ1) is 63.6. The Hall–Kier alpha value is -14.9. The SMILES string of the molecule is Cc1cccc(C)c1-n1c(C)c(C)c2c3ccccc3oc21.Cc1cccc(C)c1-n1c(C)c(C)c2c3ccccc3oc21.Cc1cccc(C)c1-n1c(C)c(C)c2oc3ccccc3c21.Cc1cccc(C)c1-n1c2ccccc2c2c(C)c(C)oc21.Cc1cccc(C)c1-n1c2ccccc2c2c(C)c(C)oc21.Cc1cccc(C)c1-n1c2ccccc2c2oc(C)c(C)c21. The summed E-state index contributed by atoms with van der Waals surface area (Å²) in [6.45, 7) is 51.5. The number of nitrogens with zero attached hydrogens (tertiary/aromatic N) is 6. The largest absolute Gasteiger partial charge is 0.459 e. The van der Waals surface area contributed by atoms with Gasteiger partial charge in [-0.25, -0.2) is 0 Å². The highest BCUT2D eigenvalue weighted by Gasteiger charge is 2.29. The van der Waals surface area contributed by atoms with Crippen LogP contribution < -0.4 is 0 Å². The first-order valence-electron chi connectivity index (χ1n) is 45.9. The molecule has 0 aliphatic rings. The Morgan fingerprint density at radius 2 is 0.424 bits per heavy atom. The number of furan rings is 6. The maximum absolute atomic E-state index is 6.21. The van der Waals surface area contributed by atoms with Crippen molar-refractivity contribution < 1.29 is 26.5 Å². The smallest absolute Gasteiger partial charge is 0.213 e. The number of para-hydroxylation sites is 12. The highest BCUT2D eigenvalue weighted by molar-refractivity contribution is 6.13. The van der Waals surface area contributed by atoms with Gasteiger partial charge < -0.3 is 35.6 Å². The summed E-state index contributed by atoms with van der Waals surface area (Å²) in [5, 5.41) is 12.2. The standard InChI is InChI=1S/6C20H19NO/c2*1-12-8-7-9-13(2)19(12)21-17-11-6-5-10-16(17)18-14(3)15(4)22-20(18)21;2*1-12-8-7-9-13(2)19(12)21-15(4)14(3)18-16-10-5-6-11-17(16)22-20(18)21;1-12-8-7-9-13(2)18(12)21-15(4)14(3)20-19(21)16-10-5-6-11-17(16)22-20;1-12-8-7-9-13(2)18(12)21-17-11-6-5-10-16(17)20-19(21)14(3)15(4)22-20/h6*5-11H,1-4H3. The first kappa shape index (κ1) is 86.5. The minimum absolute atomic E-state index is 0.952. The fourth-order valence-corrected chi connectivity index (χ4v) is 20.8. The summed E-state index contributed by atoms with van der Waals surface area (Å²) in [6, 6.07) is 89.0. The molecule has 12 heterocycles. The Balaban J connectivity index is 0.000000102. The fourth-order valence-electron chi connectivity index (χ4n) is 20.8. The van der Waals surface area contributed by atoms with Crippen LogP contribution in [0.5, 0.6) is 0 Å². The van der Waals surface area contributed by atoms with Crippen LogP contribution in [0.1, 0.15) is 135 Å². The van der Waals surface area contributed by atoms with Crippen LogP contribution in [0.15, 0.2) is 281 Å². The third-order valence-corrected chi connectivity index (χ3v) is 28.0. The topological polar surface area (TPSA) is 108 Å². The second-order valence-electron chi connectivity index (χ2n) is 36.4. The van der Waals surface area contributed by atoms with Gasteiger partial charge in [-0.3, -0.25) is 18.3 Å². The maximum atomic E-state index is 6.21.